The van der Waals surface area contributed by atoms with Gasteiger partial charge in [0.2, 0.25) is 5.91 Å². The summed E-state index contributed by atoms with van der Waals surface area (Å²) in [6.07, 6.45) is 0. The van der Waals surface area contributed by atoms with Crippen LogP contribution in [0, 0.1) is 12.7 Å². The number of hydrogen-bond acceptors (Lipinski definition) is 3. The summed E-state index contributed by atoms with van der Waals surface area (Å²) in [7, 11) is 0. The number of nitrogen functional groups attached to an aromatic ring is 1. The lowest BCUT2D eigenvalue weighted by atomic mass is 10.1. The second-order valence-electron chi connectivity index (χ2n) is 4.48. The Hall–Kier alpha value is -2.56. The number of rotatable bonds is 4. The topological polar surface area (TPSA) is 78.3 Å². The molecule has 4 N–H and O–H groups in total. The maximum atomic E-state index is 13.7. The predicted octanol–water partition coefficient (Wildman–Crippen LogP) is 2.39. The fraction of sp³-hybridized carbons (Fsp3) is 0.133. The van der Waals surface area contributed by atoms with Crippen LogP contribution in [-0.2, 0) is 6.61 Å². The van der Waals surface area contributed by atoms with Crippen LogP contribution in [0.1, 0.15) is 21.5 Å². The summed E-state index contributed by atoms with van der Waals surface area (Å²) in [5, 5.41) is 0. The van der Waals surface area contributed by atoms with Gasteiger partial charge in [-0.05, 0) is 42.8 Å². The van der Waals surface area contributed by atoms with Gasteiger partial charge in [-0.3, -0.25) is 4.79 Å². The van der Waals surface area contributed by atoms with Gasteiger partial charge in [-0.2, -0.15) is 0 Å². The largest absolute Gasteiger partial charge is 0.489 e. The molecule has 0 fully saturated rings. The number of carbonyl (C=O) groups is 1. The van der Waals surface area contributed by atoms with E-state index in [9.17, 15) is 9.18 Å². The summed E-state index contributed by atoms with van der Waals surface area (Å²) in [6.45, 7) is 1.93. The van der Waals surface area contributed by atoms with E-state index in [1.807, 2.05) is 6.92 Å². The SMILES string of the molecule is Cc1cc(OCc2ccc(C(N)=O)cc2F)ccc1N. The fourth-order valence-electron chi connectivity index (χ4n) is 1.72. The van der Waals surface area contributed by atoms with Crippen LogP contribution >= 0.6 is 0 Å². The van der Waals surface area contributed by atoms with E-state index in [0.29, 0.717) is 17.0 Å². The standard InChI is InChI=1S/C15H15FN2O2/c1-9-6-12(4-5-14(9)17)20-8-11-3-2-10(15(18)19)7-13(11)16/h2-7H,8,17H2,1H3,(H2,18,19). The second-order valence-corrected chi connectivity index (χ2v) is 4.48. The number of carbonyl (C=O) groups excluding carboxylic acids is 1. The van der Waals surface area contributed by atoms with Crippen LogP contribution in [0.3, 0.4) is 0 Å². The van der Waals surface area contributed by atoms with Crippen molar-refractivity contribution in [2.24, 2.45) is 5.73 Å². The molecule has 1 amide bonds. The molecule has 20 heavy (non-hydrogen) atoms. The molecule has 5 heteroatoms. The Bertz CT molecular complexity index is 656. The summed E-state index contributed by atoms with van der Waals surface area (Å²) in [6, 6.07) is 9.30. The maximum absolute atomic E-state index is 13.7. The van der Waals surface area contributed by atoms with Gasteiger partial charge >= 0.3 is 0 Å². The highest BCUT2D eigenvalue weighted by Gasteiger charge is 2.08. The summed E-state index contributed by atoms with van der Waals surface area (Å²) < 4.78 is 19.2. The molecule has 0 aliphatic carbocycles. The molecular weight excluding hydrogens is 259 g/mol. The second kappa shape index (κ2) is 5.61. The zero-order valence-corrected chi connectivity index (χ0v) is 11.0. The number of ether oxygens (including phenoxy) is 1. The summed E-state index contributed by atoms with van der Waals surface area (Å²) in [5.41, 5.74) is 12.8. The Morgan fingerprint density at radius 2 is 2.00 bits per heavy atom. The van der Waals surface area contributed by atoms with E-state index in [1.54, 1.807) is 18.2 Å². The zero-order valence-electron chi connectivity index (χ0n) is 11.0. The van der Waals surface area contributed by atoms with Crippen LogP contribution in [-0.4, -0.2) is 5.91 Å². The van der Waals surface area contributed by atoms with Crippen LogP contribution in [0.25, 0.3) is 0 Å². The third kappa shape index (κ3) is 3.06. The third-order valence-electron chi connectivity index (χ3n) is 2.97. The number of primary amides is 1. The first kappa shape index (κ1) is 13.9. The summed E-state index contributed by atoms with van der Waals surface area (Å²) in [4.78, 5) is 10.9. The van der Waals surface area contributed by atoms with Gasteiger partial charge in [-0.15, -0.1) is 0 Å². The van der Waals surface area contributed by atoms with Gasteiger partial charge in [0, 0.05) is 16.8 Å². The van der Waals surface area contributed by atoms with Crippen LogP contribution in [0.2, 0.25) is 0 Å². The van der Waals surface area contributed by atoms with Crippen molar-refractivity contribution >= 4 is 11.6 Å². The minimum Gasteiger partial charge on any atom is -0.489 e. The number of anilines is 1. The quantitative estimate of drug-likeness (QED) is 0.840. The van der Waals surface area contributed by atoms with Crippen molar-refractivity contribution in [3.05, 3.63) is 58.9 Å². The molecule has 0 atom stereocenters. The molecule has 0 spiro atoms. The van der Waals surface area contributed by atoms with Crippen molar-refractivity contribution in [1.82, 2.24) is 0 Å². The van der Waals surface area contributed by atoms with Gasteiger partial charge < -0.3 is 16.2 Å². The van der Waals surface area contributed by atoms with Gasteiger partial charge in [0.25, 0.3) is 0 Å². The molecule has 2 rings (SSSR count). The molecule has 0 saturated carbocycles. The molecule has 4 nitrogen and oxygen atoms in total. The number of nitrogens with two attached hydrogens (primary N) is 2. The predicted molar refractivity (Wildman–Crippen MR) is 74.8 cm³/mol. The average Bonchev–Trinajstić information content (AvgIpc) is 2.41. The lowest BCUT2D eigenvalue weighted by molar-refractivity contribution is 0.0999. The minimum atomic E-state index is -0.662. The van der Waals surface area contributed by atoms with Gasteiger partial charge in [-0.25, -0.2) is 4.39 Å². The normalized spacial score (nSPS) is 10.3. The van der Waals surface area contributed by atoms with Crippen molar-refractivity contribution < 1.29 is 13.9 Å². The smallest absolute Gasteiger partial charge is 0.248 e. The highest BCUT2D eigenvalue weighted by Crippen LogP contribution is 2.20. The molecule has 0 bridgehead atoms. The fourth-order valence-corrected chi connectivity index (χ4v) is 1.72. The Morgan fingerprint density at radius 1 is 1.25 bits per heavy atom. The highest BCUT2D eigenvalue weighted by atomic mass is 19.1. The molecule has 2 aromatic rings. The molecule has 0 aromatic heterocycles. The molecule has 0 radical (unpaired) electrons. The van der Waals surface area contributed by atoms with E-state index in [1.165, 1.54) is 12.1 Å². The first-order chi connectivity index (χ1) is 9.47. The van der Waals surface area contributed by atoms with E-state index in [2.05, 4.69) is 0 Å². The van der Waals surface area contributed by atoms with Crippen molar-refractivity contribution in [3.8, 4) is 5.75 Å². The van der Waals surface area contributed by atoms with Crippen LogP contribution in [0.15, 0.2) is 36.4 Å². The number of amides is 1. The Balaban J connectivity index is 2.10. The van der Waals surface area contributed by atoms with Crippen LogP contribution in [0.4, 0.5) is 10.1 Å². The molecule has 104 valence electrons. The van der Waals surface area contributed by atoms with Crippen molar-refractivity contribution in [2.75, 3.05) is 5.73 Å². The maximum Gasteiger partial charge on any atom is 0.248 e. The van der Waals surface area contributed by atoms with E-state index in [-0.39, 0.29) is 12.2 Å². The summed E-state index contributed by atoms with van der Waals surface area (Å²) in [5.74, 6) is -0.575. The van der Waals surface area contributed by atoms with Crippen LogP contribution < -0.4 is 16.2 Å². The third-order valence-corrected chi connectivity index (χ3v) is 2.97. The number of benzene rings is 2. The lowest BCUT2D eigenvalue weighted by Gasteiger charge is -2.09. The van der Waals surface area contributed by atoms with Gasteiger partial charge in [-0.1, -0.05) is 6.07 Å². The first-order valence-corrected chi connectivity index (χ1v) is 6.04. The van der Waals surface area contributed by atoms with E-state index in [4.69, 9.17) is 16.2 Å². The Labute approximate surface area is 116 Å². The molecule has 0 aliphatic rings. The zero-order chi connectivity index (χ0) is 14.7. The highest BCUT2D eigenvalue weighted by molar-refractivity contribution is 5.92. The number of aryl methyl sites for hydroxylation is 1. The minimum absolute atomic E-state index is 0.0637. The monoisotopic (exact) mass is 274 g/mol. The molecule has 0 aliphatic heterocycles. The van der Waals surface area contributed by atoms with Crippen molar-refractivity contribution in [2.45, 2.75) is 13.5 Å². The van der Waals surface area contributed by atoms with Crippen molar-refractivity contribution in [1.29, 1.82) is 0 Å². The molecule has 2 aromatic carbocycles. The molecule has 0 unspecified atom stereocenters. The molecule has 0 heterocycles. The van der Waals surface area contributed by atoms with Gasteiger partial charge in [0.15, 0.2) is 0 Å². The lowest BCUT2D eigenvalue weighted by Crippen LogP contribution is -2.11. The number of hydrogen-bond donors (Lipinski definition) is 2. The van der Waals surface area contributed by atoms with Crippen molar-refractivity contribution in [3.63, 3.8) is 0 Å². The number of halogens is 1. The first-order valence-electron chi connectivity index (χ1n) is 6.04. The van der Waals surface area contributed by atoms with Gasteiger partial charge in [0.05, 0.1) is 0 Å². The Morgan fingerprint density at radius 3 is 2.60 bits per heavy atom. The molecular formula is C15H15FN2O2. The van der Waals surface area contributed by atoms with Crippen LogP contribution in [0.5, 0.6) is 5.75 Å². The summed E-state index contributed by atoms with van der Waals surface area (Å²) >= 11 is 0. The van der Waals surface area contributed by atoms with E-state index in [0.717, 1.165) is 11.6 Å². The molecule has 0 saturated heterocycles. The average molecular weight is 274 g/mol. The van der Waals surface area contributed by atoms with E-state index < -0.39 is 11.7 Å². The van der Waals surface area contributed by atoms with E-state index >= 15 is 0 Å². The van der Waals surface area contributed by atoms with Gasteiger partial charge in [0.1, 0.15) is 18.2 Å². The Kier molecular flexibility index (Phi) is 3.89.